The van der Waals surface area contributed by atoms with Gasteiger partial charge in [0.15, 0.2) is 0 Å². The van der Waals surface area contributed by atoms with E-state index in [0.717, 1.165) is 12.0 Å². The zero-order valence-electron chi connectivity index (χ0n) is 12.4. The lowest BCUT2D eigenvalue weighted by Gasteiger charge is -2.12. The van der Waals surface area contributed by atoms with Crippen LogP contribution < -0.4 is 11.1 Å². The van der Waals surface area contributed by atoms with E-state index in [0.29, 0.717) is 32.8 Å². The molecule has 21 heavy (non-hydrogen) atoms. The summed E-state index contributed by atoms with van der Waals surface area (Å²) < 4.78 is 10.2. The maximum atomic E-state index is 11.8. The zero-order valence-corrected chi connectivity index (χ0v) is 13.2. The Bertz CT molecular complexity index is 376. The lowest BCUT2D eigenvalue weighted by atomic mass is 10.1. The Kier molecular flexibility index (Phi) is 11.9. The number of nitrogens with one attached hydrogen (secondary N) is 1. The number of carbonyl (C=O) groups excluding carboxylic acids is 1. The molecule has 1 rings (SSSR count). The number of amides is 1. The highest BCUT2D eigenvalue weighted by Gasteiger charge is 2.12. The first-order chi connectivity index (χ1) is 9.74. The van der Waals surface area contributed by atoms with Crippen LogP contribution in [0.3, 0.4) is 0 Å². The molecule has 1 aromatic rings. The Morgan fingerprint density at radius 2 is 1.95 bits per heavy atom. The molecule has 0 saturated heterocycles. The van der Waals surface area contributed by atoms with Gasteiger partial charge >= 0.3 is 0 Å². The van der Waals surface area contributed by atoms with Crippen molar-refractivity contribution >= 4 is 18.3 Å². The van der Waals surface area contributed by atoms with Crippen molar-refractivity contribution in [2.24, 2.45) is 5.73 Å². The van der Waals surface area contributed by atoms with Crippen LogP contribution in [0.1, 0.15) is 12.0 Å². The topological polar surface area (TPSA) is 73.6 Å². The van der Waals surface area contributed by atoms with Gasteiger partial charge in [-0.15, -0.1) is 12.4 Å². The lowest BCUT2D eigenvalue weighted by molar-refractivity contribution is -0.122. The van der Waals surface area contributed by atoms with Crippen molar-refractivity contribution in [1.82, 2.24) is 5.32 Å². The number of benzene rings is 1. The number of methoxy groups -OCH3 is 1. The third kappa shape index (κ3) is 9.42. The van der Waals surface area contributed by atoms with Gasteiger partial charge in [-0.2, -0.15) is 0 Å². The molecule has 0 bridgehead atoms. The van der Waals surface area contributed by atoms with Gasteiger partial charge in [-0.1, -0.05) is 30.3 Å². The van der Waals surface area contributed by atoms with E-state index in [2.05, 4.69) is 5.32 Å². The van der Waals surface area contributed by atoms with Crippen LogP contribution in [-0.2, 0) is 20.7 Å². The molecule has 0 aliphatic carbocycles. The second-order valence-electron chi connectivity index (χ2n) is 4.55. The van der Waals surface area contributed by atoms with Gasteiger partial charge < -0.3 is 20.5 Å². The molecule has 0 spiro atoms. The summed E-state index contributed by atoms with van der Waals surface area (Å²) >= 11 is 0. The molecule has 120 valence electrons. The first kappa shape index (κ1) is 19.9. The Labute approximate surface area is 132 Å². The monoisotopic (exact) mass is 316 g/mol. The molecule has 1 atom stereocenters. The highest BCUT2D eigenvalue weighted by molar-refractivity contribution is 5.85. The summed E-state index contributed by atoms with van der Waals surface area (Å²) in [7, 11) is 1.64. The van der Waals surface area contributed by atoms with Crippen molar-refractivity contribution < 1.29 is 14.3 Å². The third-order valence-electron chi connectivity index (χ3n) is 2.83. The molecule has 3 N–H and O–H groups in total. The minimum absolute atomic E-state index is 0. The zero-order chi connectivity index (χ0) is 14.6. The fourth-order valence-electron chi connectivity index (χ4n) is 1.72. The number of carbonyl (C=O) groups is 1. The molecule has 1 unspecified atom stereocenters. The summed E-state index contributed by atoms with van der Waals surface area (Å²) in [6, 6.07) is 9.26. The molecular formula is C15H25ClN2O3. The molecule has 0 aliphatic rings. The largest absolute Gasteiger partial charge is 0.382 e. The molecule has 1 amide bonds. The van der Waals surface area contributed by atoms with Gasteiger partial charge in [0.2, 0.25) is 5.91 Å². The summed E-state index contributed by atoms with van der Waals surface area (Å²) in [5.41, 5.74) is 6.94. The highest BCUT2D eigenvalue weighted by Crippen LogP contribution is 2.01. The van der Waals surface area contributed by atoms with Crippen molar-refractivity contribution in [3.63, 3.8) is 0 Å². The van der Waals surface area contributed by atoms with Crippen LogP contribution in [0, 0.1) is 0 Å². The summed E-state index contributed by atoms with van der Waals surface area (Å²) in [4.78, 5) is 11.8. The standard InChI is InChI=1S/C15H24N2O3.ClH/c1-19-10-11-20-9-5-8-17-15(18)14(16)12-13-6-3-2-4-7-13;/h2-4,6-7,14H,5,8-12,16H2,1H3,(H,17,18);1H. The number of halogens is 1. The fourth-order valence-corrected chi connectivity index (χ4v) is 1.72. The average Bonchev–Trinajstić information content (AvgIpc) is 2.47. The van der Waals surface area contributed by atoms with Gasteiger partial charge in [-0.25, -0.2) is 0 Å². The Hall–Kier alpha value is -1.14. The smallest absolute Gasteiger partial charge is 0.237 e. The Morgan fingerprint density at radius 1 is 1.24 bits per heavy atom. The number of ether oxygens (including phenoxy) is 2. The minimum Gasteiger partial charge on any atom is -0.382 e. The molecule has 0 saturated carbocycles. The van der Waals surface area contributed by atoms with Crippen molar-refractivity contribution in [1.29, 1.82) is 0 Å². The van der Waals surface area contributed by atoms with Crippen molar-refractivity contribution in [3.8, 4) is 0 Å². The summed E-state index contributed by atoms with van der Waals surface area (Å²) in [6.45, 7) is 2.36. The van der Waals surface area contributed by atoms with Gasteiger partial charge in [0.05, 0.1) is 19.3 Å². The van der Waals surface area contributed by atoms with Crippen LogP contribution >= 0.6 is 12.4 Å². The summed E-state index contributed by atoms with van der Waals surface area (Å²) in [6.07, 6.45) is 1.32. The van der Waals surface area contributed by atoms with E-state index in [1.165, 1.54) is 0 Å². The van der Waals surface area contributed by atoms with Gasteiger partial charge in [0, 0.05) is 20.3 Å². The van der Waals surface area contributed by atoms with Crippen molar-refractivity contribution in [2.75, 3.05) is 33.5 Å². The number of nitrogens with two attached hydrogens (primary N) is 1. The molecule has 5 nitrogen and oxygen atoms in total. The number of hydrogen-bond acceptors (Lipinski definition) is 4. The molecule has 6 heteroatoms. The van der Waals surface area contributed by atoms with Gasteiger partial charge in [0.25, 0.3) is 0 Å². The molecule has 0 fully saturated rings. The van der Waals surface area contributed by atoms with E-state index in [9.17, 15) is 4.79 Å². The highest BCUT2D eigenvalue weighted by atomic mass is 35.5. The second-order valence-corrected chi connectivity index (χ2v) is 4.55. The van der Waals surface area contributed by atoms with Gasteiger partial charge in [-0.3, -0.25) is 4.79 Å². The number of hydrogen-bond donors (Lipinski definition) is 2. The van der Waals surface area contributed by atoms with E-state index in [1.807, 2.05) is 30.3 Å². The van der Waals surface area contributed by atoms with E-state index in [4.69, 9.17) is 15.2 Å². The van der Waals surface area contributed by atoms with E-state index >= 15 is 0 Å². The molecule has 0 radical (unpaired) electrons. The van der Waals surface area contributed by atoms with E-state index in [-0.39, 0.29) is 18.3 Å². The molecule has 0 aliphatic heterocycles. The average molecular weight is 317 g/mol. The SMILES string of the molecule is COCCOCCCNC(=O)C(N)Cc1ccccc1.Cl. The molecular weight excluding hydrogens is 292 g/mol. The first-order valence-corrected chi connectivity index (χ1v) is 6.88. The quantitative estimate of drug-likeness (QED) is 0.635. The fraction of sp³-hybridized carbons (Fsp3) is 0.533. The predicted molar refractivity (Wildman–Crippen MR) is 85.7 cm³/mol. The van der Waals surface area contributed by atoms with E-state index < -0.39 is 6.04 Å². The molecule has 0 heterocycles. The Morgan fingerprint density at radius 3 is 2.62 bits per heavy atom. The predicted octanol–water partition coefficient (Wildman–Crippen LogP) is 1.15. The van der Waals surface area contributed by atoms with Crippen molar-refractivity contribution in [2.45, 2.75) is 18.9 Å². The first-order valence-electron chi connectivity index (χ1n) is 6.88. The molecule has 1 aromatic carbocycles. The molecule has 0 aromatic heterocycles. The van der Waals surface area contributed by atoms with Crippen LogP contribution in [0.4, 0.5) is 0 Å². The van der Waals surface area contributed by atoms with Crippen molar-refractivity contribution in [3.05, 3.63) is 35.9 Å². The number of rotatable bonds is 10. The maximum absolute atomic E-state index is 11.8. The van der Waals surface area contributed by atoms with Crippen LogP contribution in [0.15, 0.2) is 30.3 Å². The summed E-state index contributed by atoms with van der Waals surface area (Å²) in [5, 5.41) is 2.82. The normalized spacial score (nSPS) is 11.5. The van der Waals surface area contributed by atoms with Crippen LogP contribution in [0.2, 0.25) is 0 Å². The van der Waals surface area contributed by atoms with E-state index in [1.54, 1.807) is 7.11 Å². The van der Waals surface area contributed by atoms with Crippen LogP contribution in [0.5, 0.6) is 0 Å². The van der Waals surface area contributed by atoms with Crippen LogP contribution in [0.25, 0.3) is 0 Å². The maximum Gasteiger partial charge on any atom is 0.237 e. The second kappa shape index (κ2) is 12.6. The lowest BCUT2D eigenvalue weighted by Crippen LogP contribution is -2.42. The minimum atomic E-state index is -0.508. The third-order valence-corrected chi connectivity index (χ3v) is 2.83. The van der Waals surface area contributed by atoms with Gasteiger partial charge in [-0.05, 0) is 18.4 Å². The Balaban J connectivity index is 0.00000400. The van der Waals surface area contributed by atoms with Crippen LogP contribution in [-0.4, -0.2) is 45.4 Å². The van der Waals surface area contributed by atoms with Gasteiger partial charge in [0.1, 0.15) is 0 Å². The summed E-state index contributed by atoms with van der Waals surface area (Å²) in [5.74, 6) is -0.120.